The molecule has 0 aliphatic rings. The van der Waals surface area contributed by atoms with Gasteiger partial charge in [0.05, 0.1) is 13.0 Å². The Balaban J connectivity index is 2.11. The molecule has 0 aromatic heterocycles. The lowest BCUT2D eigenvalue weighted by Gasteiger charge is -2.12. The molecule has 0 unspecified atom stereocenters. The first kappa shape index (κ1) is 15.1. The van der Waals surface area contributed by atoms with Crippen molar-refractivity contribution in [3.05, 3.63) is 59.2 Å². The van der Waals surface area contributed by atoms with Crippen LogP contribution >= 0.6 is 0 Å². The Kier molecular flexibility index (Phi) is 4.99. The zero-order chi connectivity index (χ0) is 15.2. The van der Waals surface area contributed by atoms with Gasteiger partial charge in [-0.3, -0.25) is 4.79 Å². The third-order valence-corrected chi connectivity index (χ3v) is 3.22. The predicted molar refractivity (Wildman–Crippen MR) is 82.9 cm³/mol. The van der Waals surface area contributed by atoms with E-state index < -0.39 is 0 Å². The van der Waals surface area contributed by atoms with E-state index in [2.05, 4.69) is 0 Å². The molecule has 0 radical (unpaired) electrons. The van der Waals surface area contributed by atoms with Crippen LogP contribution in [0.1, 0.15) is 23.6 Å². The summed E-state index contributed by atoms with van der Waals surface area (Å²) in [4.78, 5) is 12.1. The highest BCUT2D eigenvalue weighted by Gasteiger charge is 2.12. The van der Waals surface area contributed by atoms with Crippen LogP contribution in [-0.4, -0.2) is 12.6 Å². The fourth-order valence-electron chi connectivity index (χ4n) is 2.09. The third kappa shape index (κ3) is 4.09. The minimum absolute atomic E-state index is 0.256. The molecule has 3 nitrogen and oxygen atoms in total. The largest absolute Gasteiger partial charge is 0.490 e. The van der Waals surface area contributed by atoms with Gasteiger partial charge >= 0.3 is 5.97 Å². The van der Waals surface area contributed by atoms with Gasteiger partial charge in [0.2, 0.25) is 0 Å². The van der Waals surface area contributed by atoms with Gasteiger partial charge in [0, 0.05) is 0 Å². The molecular formula is C18H20O3. The Bertz CT molecular complexity index is 632. The minimum Gasteiger partial charge on any atom is -0.490 e. The highest BCUT2D eigenvalue weighted by Crippen LogP contribution is 2.28. The van der Waals surface area contributed by atoms with E-state index in [0.717, 1.165) is 16.7 Å². The van der Waals surface area contributed by atoms with Crippen molar-refractivity contribution in [2.75, 3.05) is 6.61 Å². The molecular weight excluding hydrogens is 264 g/mol. The highest BCUT2D eigenvalue weighted by molar-refractivity contribution is 5.76. The first-order chi connectivity index (χ1) is 10.1. The molecule has 0 saturated carbocycles. The Hall–Kier alpha value is -2.29. The number of aryl methyl sites for hydroxylation is 2. The fourth-order valence-corrected chi connectivity index (χ4v) is 2.09. The second-order valence-electron chi connectivity index (χ2n) is 4.96. The summed E-state index contributed by atoms with van der Waals surface area (Å²) in [6.07, 6.45) is 0.256. The summed E-state index contributed by atoms with van der Waals surface area (Å²) in [6.45, 7) is 6.40. The Morgan fingerprint density at radius 2 is 1.81 bits per heavy atom. The van der Waals surface area contributed by atoms with Crippen LogP contribution in [0.4, 0.5) is 0 Å². The van der Waals surface area contributed by atoms with E-state index in [1.165, 1.54) is 0 Å². The average molecular weight is 284 g/mol. The molecule has 0 saturated heterocycles. The maximum Gasteiger partial charge on any atom is 0.315 e. The van der Waals surface area contributed by atoms with Gasteiger partial charge in [-0.1, -0.05) is 30.3 Å². The van der Waals surface area contributed by atoms with Crippen LogP contribution in [0.25, 0.3) is 0 Å². The highest BCUT2D eigenvalue weighted by atomic mass is 16.6. The molecule has 0 heterocycles. The molecule has 0 bridgehead atoms. The van der Waals surface area contributed by atoms with Crippen molar-refractivity contribution in [3.8, 4) is 11.5 Å². The molecule has 0 aliphatic carbocycles. The van der Waals surface area contributed by atoms with Crippen LogP contribution in [0.5, 0.6) is 11.5 Å². The maximum atomic E-state index is 12.1. The molecule has 0 atom stereocenters. The first-order valence-electron chi connectivity index (χ1n) is 7.08. The van der Waals surface area contributed by atoms with Crippen LogP contribution in [0, 0.1) is 13.8 Å². The van der Waals surface area contributed by atoms with Gasteiger partial charge in [0.25, 0.3) is 0 Å². The van der Waals surface area contributed by atoms with Crippen LogP contribution < -0.4 is 9.47 Å². The fraction of sp³-hybridized carbons (Fsp3) is 0.278. The number of hydrogen-bond acceptors (Lipinski definition) is 3. The molecule has 3 heteroatoms. The zero-order valence-corrected chi connectivity index (χ0v) is 12.7. The number of ether oxygens (including phenoxy) is 2. The van der Waals surface area contributed by atoms with Crippen molar-refractivity contribution in [2.24, 2.45) is 0 Å². The van der Waals surface area contributed by atoms with Gasteiger partial charge in [-0.2, -0.15) is 0 Å². The van der Waals surface area contributed by atoms with E-state index >= 15 is 0 Å². The molecule has 0 aliphatic heterocycles. The van der Waals surface area contributed by atoms with E-state index in [-0.39, 0.29) is 12.4 Å². The quantitative estimate of drug-likeness (QED) is 0.618. The van der Waals surface area contributed by atoms with E-state index in [0.29, 0.717) is 18.1 Å². The predicted octanol–water partition coefficient (Wildman–Crippen LogP) is 3.85. The topological polar surface area (TPSA) is 35.5 Å². The van der Waals surface area contributed by atoms with E-state index in [1.54, 1.807) is 6.07 Å². The number of hydrogen-bond donors (Lipinski definition) is 0. The van der Waals surface area contributed by atoms with Crippen molar-refractivity contribution in [2.45, 2.75) is 27.2 Å². The molecule has 0 amide bonds. The molecule has 0 spiro atoms. The molecule has 0 fully saturated rings. The van der Waals surface area contributed by atoms with Crippen LogP contribution in [-0.2, 0) is 11.2 Å². The molecule has 2 aromatic carbocycles. The third-order valence-electron chi connectivity index (χ3n) is 3.22. The van der Waals surface area contributed by atoms with Gasteiger partial charge in [0.1, 0.15) is 0 Å². The lowest BCUT2D eigenvalue weighted by molar-refractivity contribution is -0.133. The van der Waals surface area contributed by atoms with Gasteiger partial charge in [-0.15, -0.1) is 0 Å². The molecule has 2 rings (SSSR count). The molecule has 2 aromatic rings. The van der Waals surface area contributed by atoms with E-state index in [1.807, 2.05) is 57.2 Å². The summed E-state index contributed by atoms with van der Waals surface area (Å²) in [6, 6.07) is 13.4. The monoisotopic (exact) mass is 284 g/mol. The number of carbonyl (C=O) groups is 1. The van der Waals surface area contributed by atoms with Gasteiger partial charge < -0.3 is 9.47 Å². The number of benzene rings is 2. The number of esters is 1. The summed E-state index contributed by atoms with van der Waals surface area (Å²) in [5.41, 5.74) is 3.13. The van der Waals surface area contributed by atoms with Gasteiger partial charge in [-0.05, 0) is 49.6 Å². The number of carbonyl (C=O) groups excluding carboxylic acids is 1. The van der Waals surface area contributed by atoms with Crippen molar-refractivity contribution in [1.82, 2.24) is 0 Å². The normalized spacial score (nSPS) is 10.2. The van der Waals surface area contributed by atoms with Crippen LogP contribution in [0.2, 0.25) is 0 Å². The Labute approximate surface area is 125 Å². The second-order valence-corrected chi connectivity index (χ2v) is 4.96. The van der Waals surface area contributed by atoms with Crippen molar-refractivity contribution in [1.29, 1.82) is 0 Å². The zero-order valence-electron chi connectivity index (χ0n) is 12.7. The number of rotatable bonds is 5. The maximum absolute atomic E-state index is 12.1. The van der Waals surface area contributed by atoms with Crippen molar-refractivity contribution >= 4 is 5.97 Å². The Morgan fingerprint density at radius 1 is 1.05 bits per heavy atom. The van der Waals surface area contributed by atoms with Crippen LogP contribution in [0.3, 0.4) is 0 Å². The first-order valence-corrected chi connectivity index (χ1v) is 7.08. The lowest BCUT2D eigenvalue weighted by Crippen LogP contribution is -2.13. The van der Waals surface area contributed by atoms with Crippen LogP contribution in [0.15, 0.2) is 42.5 Å². The van der Waals surface area contributed by atoms with Crippen molar-refractivity contribution < 1.29 is 14.3 Å². The molecule has 21 heavy (non-hydrogen) atoms. The standard InChI is InChI=1S/C18H20O3/c1-4-20-17-11-13(2)9-10-16(17)21-18(19)12-15-8-6-5-7-14(15)3/h5-11H,4,12H2,1-3H3. The second kappa shape index (κ2) is 6.93. The van der Waals surface area contributed by atoms with Gasteiger partial charge in [0.15, 0.2) is 11.5 Å². The molecule has 0 N–H and O–H groups in total. The SMILES string of the molecule is CCOc1cc(C)ccc1OC(=O)Cc1ccccc1C. The van der Waals surface area contributed by atoms with E-state index in [4.69, 9.17) is 9.47 Å². The molecule has 110 valence electrons. The van der Waals surface area contributed by atoms with E-state index in [9.17, 15) is 4.79 Å². The lowest BCUT2D eigenvalue weighted by atomic mass is 10.1. The summed E-state index contributed by atoms with van der Waals surface area (Å²) in [7, 11) is 0. The minimum atomic E-state index is -0.283. The summed E-state index contributed by atoms with van der Waals surface area (Å²) in [5, 5.41) is 0. The van der Waals surface area contributed by atoms with Crippen molar-refractivity contribution in [3.63, 3.8) is 0 Å². The average Bonchev–Trinajstić information content (AvgIpc) is 2.45. The summed E-state index contributed by atoms with van der Waals surface area (Å²) < 4.78 is 11.0. The smallest absolute Gasteiger partial charge is 0.315 e. The Morgan fingerprint density at radius 3 is 2.52 bits per heavy atom. The summed E-state index contributed by atoms with van der Waals surface area (Å²) in [5.74, 6) is 0.797. The van der Waals surface area contributed by atoms with Gasteiger partial charge in [-0.25, -0.2) is 0 Å². The summed E-state index contributed by atoms with van der Waals surface area (Å²) >= 11 is 0.